The summed E-state index contributed by atoms with van der Waals surface area (Å²) in [6.45, 7) is 8.04. The van der Waals surface area contributed by atoms with Crippen LogP contribution in [0.3, 0.4) is 0 Å². The van der Waals surface area contributed by atoms with Crippen molar-refractivity contribution < 1.29 is 9.90 Å². The standard InChI is InChI=1S/C20H26N2O2/c1-3-7-17(8-4-2)20(24)21-13-19(23)15-22-12-11-16-9-5-6-10-18(16)14-22/h3-10,19,23H,1,11-15H2,2H3,(H,21,24)/b8-4-,17-7+. The molecule has 1 aromatic rings. The first-order valence-corrected chi connectivity index (χ1v) is 8.35. The Morgan fingerprint density at radius 2 is 2.17 bits per heavy atom. The summed E-state index contributed by atoms with van der Waals surface area (Å²) in [6.07, 6.45) is 7.18. The first-order valence-electron chi connectivity index (χ1n) is 8.35. The molecule has 1 unspecified atom stereocenters. The third-order valence-electron chi connectivity index (χ3n) is 4.08. The van der Waals surface area contributed by atoms with Crippen LogP contribution in [-0.4, -0.2) is 41.7 Å². The molecule has 0 bridgehead atoms. The molecule has 0 saturated heterocycles. The number of hydrogen-bond donors (Lipinski definition) is 2. The summed E-state index contributed by atoms with van der Waals surface area (Å²) in [5.74, 6) is -0.198. The predicted molar refractivity (Wildman–Crippen MR) is 97.5 cm³/mol. The molecule has 1 aromatic carbocycles. The van der Waals surface area contributed by atoms with Gasteiger partial charge in [-0.3, -0.25) is 9.69 Å². The van der Waals surface area contributed by atoms with Gasteiger partial charge in [0.25, 0.3) is 5.91 Å². The van der Waals surface area contributed by atoms with Gasteiger partial charge < -0.3 is 10.4 Å². The zero-order valence-corrected chi connectivity index (χ0v) is 14.2. The summed E-state index contributed by atoms with van der Waals surface area (Å²) in [6, 6.07) is 8.42. The molecule has 1 atom stereocenters. The SMILES string of the molecule is C=C/C=C(\C=C/C)C(=O)NCC(O)CN1CCc2ccccc2C1. The highest BCUT2D eigenvalue weighted by Gasteiger charge is 2.18. The maximum absolute atomic E-state index is 12.1. The van der Waals surface area contributed by atoms with Gasteiger partial charge in [-0.2, -0.15) is 0 Å². The van der Waals surface area contributed by atoms with Crippen LogP contribution < -0.4 is 5.32 Å². The monoisotopic (exact) mass is 326 g/mol. The van der Waals surface area contributed by atoms with Gasteiger partial charge in [-0.1, -0.05) is 55.1 Å². The first-order chi connectivity index (χ1) is 11.6. The van der Waals surface area contributed by atoms with E-state index in [0.29, 0.717) is 12.1 Å². The van der Waals surface area contributed by atoms with Crippen LogP contribution in [0.2, 0.25) is 0 Å². The van der Waals surface area contributed by atoms with E-state index in [-0.39, 0.29) is 12.5 Å². The molecule has 0 radical (unpaired) electrons. The Kier molecular flexibility index (Phi) is 6.97. The average Bonchev–Trinajstić information content (AvgIpc) is 2.59. The minimum absolute atomic E-state index is 0.198. The molecule has 24 heavy (non-hydrogen) atoms. The van der Waals surface area contributed by atoms with Gasteiger partial charge in [-0.05, 0) is 24.5 Å². The van der Waals surface area contributed by atoms with Crippen LogP contribution >= 0.6 is 0 Å². The number of benzene rings is 1. The van der Waals surface area contributed by atoms with Crippen LogP contribution in [0, 0.1) is 0 Å². The maximum Gasteiger partial charge on any atom is 0.251 e. The maximum atomic E-state index is 12.1. The van der Waals surface area contributed by atoms with E-state index in [1.54, 1.807) is 24.3 Å². The number of nitrogens with zero attached hydrogens (tertiary/aromatic N) is 1. The Balaban J connectivity index is 1.81. The molecular weight excluding hydrogens is 300 g/mol. The molecule has 4 heteroatoms. The largest absolute Gasteiger partial charge is 0.390 e. The quantitative estimate of drug-likeness (QED) is 0.597. The fraction of sp³-hybridized carbons (Fsp3) is 0.350. The van der Waals surface area contributed by atoms with Crippen LogP contribution in [0.15, 0.2) is 60.7 Å². The second-order valence-electron chi connectivity index (χ2n) is 5.98. The second kappa shape index (κ2) is 9.21. The van der Waals surface area contributed by atoms with Gasteiger partial charge >= 0.3 is 0 Å². The van der Waals surface area contributed by atoms with Gasteiger partial charge in [-0.25, -0.2) is 0 Å². The van der Waals surface area contributed by atoms with Crippen molar-refractivity contribution in [1.29, 1.82) is 0 Å². The highest BCUT2D eigenvalue weighted by molar-refractivity contribution is 5.96. The highest BCUT2D eigenvalue weighted by Crippen LogP contribution is 2.18. The summed E-state index contributed by atoms with van der Waals surface area (Å²) in [5, 5.41) is 13.0. The van der Waals surface area contributed by atoms with E-state index >= 15 is 0 Å². The molecule has 0 spiro atoms. The molecule has 128 valence electrons. The molecule has 0 fully saturated rings. The summed E-state index contributed by atoms with van der Waals surface area (Å²) < 4.78 is 0. The summed E-state index contributed by atoms with van der Waals surface area (Å²) in [5.41, 5.74) is 3.25. The lowest BCUT2D eigenvalue weighted by Crippen LogP contribution is -2.42. The van der Waals surface area contributed by atoms with Crippen LogP contribution in [0.1, 0.15) is 18.1 Å². The van der Waals surface area contributed by atoms with E-state index in [1.807, 2.05) is 13.0 Å². The van der Waals surface area contributed by atoms with E-state index in [4.69, 9.17) is 0 Å². The molecule has 1 amide bonds. The topological polar surface area (TPSA) is 52.6 Å². The molecule has 2 rings (SSSR count). The number of amides is 1. The van der Waals surface area contributed by atoms with Gasteiger partial charge in [0.05, 0.1) is 6.10 Å². The molecule has 1 heterocycles. The highest BCUT2D eigenvalue weighted by atomic mass is 16.3. The van der Waals surface area contributed by atoms with Crippen molar-refractivity contribution in [3.63, 3.8) is 0 Å². The zero-order chi connectivity index (χ0) is 17.4. The smallest absolute Gasteiger partial charge is 0.251 e. The number of rotatable bonds is 7. The fourth-order valence-electron chi connectivity index (χ4n) is 2.90. The van der Waals surface area contributed by atoms with E-state index in [1.165, 1.54) is 11.1 Å². The molecule has 0 saturated carbocycles. The molecule has 0 aromatic heterocycles. The van der Waals surface area contributed by atoms with Crippen LogP contribution in [0.4, 0.5) is 0 Å². The minimum atomic E-state index is -0.588. The van der Waals surface area contributed by atoms with Crippen LogP contribution in [0.5, 0.6) is 0 Å². The Labute approximate surface area is 144 Å². The summed E-state index contributed by atoms with van der Waals surface area (Å²) in [7, 11) is 0. The van der Waals surface area contributed by atoms with E-state index in [0.717, 1.165) is 19.5 Å². The number of aliphatic hydroxyl groups is 1. The predicted octanol–water partition coefficient (Wildman–Crippen LogP) is 2.21. The Morgan fingerprint density at radius 1 is 1.42 bits per heavy atom. The number of nitrogens with one attached hydrogen (secondary N) is 1. The van der Waals surface area contributed by atoms with Gasteiger partial charge in [-0.15, -0.1) is 0 Å². The third kappa shape index (κ3) is 5.18. The number of carbonyl (C=O) groups is 1. The van der Waals surface area contributed by atoms with E-state index in [2.05, 4.69) is 35.0 Å². The Hall–Kier alpha value is -2.17. The fourth-order valence-corrected chi connectivity index (χ4v) is 2.90. The zero-order valence-electron chi connectivity index (χ0n) is 14.2. The van der Waals surface area contributed by atoms with Gasteiger partial charge in [0, 0.05) is 31.8 Å². The van der Waals surface area contributed by atoms with E-state index < -0.39 is 6.10 Å². The van der Waals surface area contributed by atoms with Gasteiger partial charge in [0.15, 0.2) is 0 Å². The van der Waals surface area contributed by atoms with Crippen molar-refractivity contribution in [2.45, 2.75) is 26.0 Å². The number of fused-ring (bicyclic) bond motifs is 1. The van der Waals surface area contributed by atoms with Crippen molar-refractivity contribution in [3.8, 4) is 0 Å². The number of aliphatic hydroxyl groups excluding tert-OH is 1. The van der Waals surface area contributed by atoms with Gasteiger partial charge in [0.2, 0.25) is 0 Å². The number of carbonyl (C=O) groups excluding carboxylic acids is 1. The van der Waals surface area contributed by atoms with Crippen molar-refractivity contribution in [2.24, 2.45) is 0 Å². The number of β-amino-alcohol motifs (C(OH)–C–C–N with tert-alkyl or cyclic N) is 1. The number of allylic oxidation sites excluding steroid dienone is 3. The molecule has 2 N–H and O–H groups in total. The Bertz CT molecular complexity index is 634. The lowest BCUT2D eigenvalue weighted by atomic mass is 10.00. The summed E-state index contributed by atoms with van der Waals surface area (Å²) >= 11 is 0. The molecule has 1 aliphatic heterocycles. The molecule has 4 nitrogen and oxygen atoms in total. The lowest BCUT2D eigenvalue weighted by Gasteiger charge is -2.30. The van der Waals surface area contributed by atoms with E-state index in [9.17, 15) is 9.90 Å². The number of hydrogen-bond acceptors (Lipinski definition) is 3. The molecular formula is C20H26N2O2. The van der Waals surface area contributed by atoms with Crippen molar-refractivity contribution in [3.05, 3.63) is 71.8 Å². The average molecular weight is 326 g/mol. The molecule has 1 aliphatic rings. The first kappa shape index (κ1) is 18.2. The molecule has 0 aliphatic carbocycles. The Morgan fingerprint density at radius 3 is 2.88 bits per heavy atom. The lowest BCUT2D eigenvalue weighted by molar-refractivity contribution is -0.117. The summed E-state index contributed by atoms with van der Waals surface area (Å²) in [4.78, 5) is 14.3. The minimum Gasteiger partial charge on any atom is -0.390 e. The third-order valence-corrected chi connectivity index (χ3v) is 4.08. The van der Waals surface area contributed by atoms with Crippen molar-refractivity contribution in [2.75, 3.05) is 19.6 Å². The van der Waals surface area contributed by atoms with Crippen molar-refractivity contribution >= 4 is 5.91 Å². The second-order valence-corrected chi connectivity index (χ2v) is 5.98. The normalized spacial score (nSPS) is 16.7. The van der Waals surface area contributed by atoms with Crippen molar-refractivity contribution in [1.82, 2.24) is 10.2 Å². The van der Waals surface area contributed by atoms with Crippen LogP contribution in [0.25, 0.3) is 0 Å². The van der Waals surface area contributed by atoms with Gasteiger partial charge in [0.1, 0.15) is 0 Å². The van der Waals surface area contributed by atoms with Crippen LogP contribution in [-0.2, 0) is 17.8 Å².